The van der Waals surface area contributed by atoms with Gasteiger partial charge in [-0.25, -0.2) is 9.97 Å². The van der Waals surface area contributed by atoms with Crippen LogP contribution in [0.3, 0.4) is 0 Å². The van der Waals surface area contributed by atoms with E-state index < -0.39 is 5.91 Å². The minimum atomic E-state index is -0.414. The van der Waals surface area contributed by atoms with E-state index in [0.717, 1.165) is 16.5 Å². The summed E-state index contributed by atoms with van der Waals surface area (Å²) in [6.45, 7) is 0.443. The largest absolute Gasteiger partial charge is 0.309 e. The molecule has 0 unspecified atom stereocenters. The predicted molar refractivity (Wildman–Crippen MR) is 145 cm³/mol. The van der Waals surface area contributed by atoms with E-state index in [4.69, 9.17) is 21.6 Å². The van der Waals surface area contributed by atoms with Crippen LogP contribution in [-0.4, -0.2) is 25.4 Å². The highest BCUT2D eigenvalue weighted by Gasteiger charge is 2.23. The van der Waals surface area contributed by atoms with Crippen molar-refractivity contribution in [2.45, 2.75) is 13.0 Å². The van der Waals surface area contributed by atoms with Gasteiger partial charge in [0.25, 0.3) is 5.91 Å². The SMILES string of the molecule is N#Cc1c(NC(=O)c2ccccc2Cl)n(CCc2cccc3cccnc23)c2nc3ccccc3nc12. The fourth-order valence-electron chi connectivity index (χ4n) is 4.57. The van der Waals surface area contributed by atoms with Crippen molar-refractivity contribution in [1.29, 1.82) is 5.26 Å². The summed E-state index contributed by atoms with van der Waals surface area (Å²) in [5, 5.41) is 14.4. The maximum Gasteiger partial charge on any atom is 0.258 e. The fraction of sp³-hybridized carbons (Fsp3) is 0.0690. The van der Waals surface area contributed by atoms with Crippen molar-refractivity contribution in [3.63, 3.8) is 0 Å². The second-order valence-electron chi connectivity index (χ2n) is 8.55. The Morgan fingerprint density at radius 2 is 1.68 bits per heavy atom. The van der Waals surface area contributed by atoms with Gasteiger partial charge in [-0.05, 0) is 42.3 Å². The van der Waals surface area contributed by atoms with Crippen LogP contribution in [0.15, 0.2) is 85.1 Å². The standard InChI is InChI=1S/C29H19ClN6O/c30-22-11-2-1-10-20(22)29(37)35-27-21(17-31)26-28(34-24-13-4-3-12-23(24)33-26)36(27)16-14-19-8-5-7-18-9-6-15-32-25(18)19/h1-13,15H,14,16H2,(H,35,37). The van der Waals surface area contributed by atoms with Gasteiger partial charge in [-0.2, -0.15) is 5.26 Å². The lowest BCUT2D eigenvalue weighted by atomic mass is 10.1. The third kappa shape index (κ3) is 4.03. The molecule has 3 heterocycles. The normalized spacial score (nSPS) is 11.1. The highest BCUT2D eigenvalue weighted by atomic mass is 35.5. The zero-order valence-electron chi connectivity index (χ0n) is 19.5. The Morgan fingerprint density at radius 1 is 0.919 bits per heavy atom. The molecule has 0 aliphatic rings. The first-order chi connectivity index (χ1) is 18.1. The first-order valence-electron chi connectivity index (χ1n) is 11.7. The number of nitriles is 1. The first kappa shape index (κ1) is 22.7. The maximum absolute atomic E-state index is 13.2. The Morgan fingerprint density at radius 3 is 2.49 bits per heavy atom. The summed E-state index contributed by atoms with van der Waals surface area (Å²) in [6, 6.07) is 26.5. The van der Waals surface area contributed by atoms with Gasteiger partial charge in [0.2, 0.25) is 0 Å². The lowest BCUT2D eigenvalue weighted by molar-refractivity contribution is 0.102. The van der Waals surface area contributed by atoms with Crippen molar-refractivity contribution in [2.24, 2.45) is 0 Å². The van der Waals surface area contributed by atoms with E-state index in [1.165, 1.54) is 0 Å². The molecule has 0 aliphatic heterocycles. The number of benzene rings is 3. The molecule has 1 amide bonds. The van der Waals surface area contributed by atoms with Crippen molar-refractivity contribution >= 4 is 56.4 Å². The Kier molecular flexibility index (Phi) is 5.72. The molecule has 0 fully saturated rings. The molecule has 0 bridgehead atoms. The summed E-state index contributed by atoms with van der Waals surface area (Å²) >= 11 is 6.28. The van der Waals surface area contributed by atoms with Crippen molar-refractivity contribution in [2.75, 3.05) is 5.32 Å². The molecule has 37 heavy (non-hydrogen) atoms. The average Bonchev–Trinajstić information content (AvgIpc) is 3.21. The third-order valence-corrected chi connectivity index (χ3v) is 6.66. The van der Waals surface area contributed by atoms with E-state index >= 15 is 0 Å². The smallest absolute Gasteiger partial charge is 0.258 e. The number of halogens is 1. The molecule has 6 aromatic rings. The van der Waals surface area contributed by atoms with Crippen LogP contribution in [0.25, 0.3) is 33.1 Å². The third-order valence-electron chi connectivity index (χ3n) is 6.33. The summed E-state index contributed by atoms with van der Waals surface area (Å²) in [4.78, 5) is 27.4. The molecule has 178 valence electrons. The number of para-hydroxylation sites is 3. The molecule has 0 atom stereocenters. The molecule has 7 nitrogen and oxygen atoms in total. The number of carbonyl (C=O) groups excluding carboxylic acids is 1. The molecule has 0 saturated carbocycles. The molecule has 1 N–H and O–H groups in total. The van der Waals surface area contributed by atoms with Crippen LogP contribution in [-0.2, 0) is 13.0 Å². The minimum Gasteiger partial charge on any atom is -0.309 e. The topological polar surface area (TPSA) is 96.5 Å². The maximum atomic E-state index is 13.2. The Labute approximate surface area is 217 Å². The van der Waals surface area contributed by atoms with E-state index in [1.807, 2.05) is 59.2 Å². The lowest BCUT2D eigenvalue weighted by Gasteiger charge is -2.13. The Balaban J connectivity index is 1.50. The fourth-order valence-corrected chi connectivity index (χ4v) is 4.80. The van der Waals surface area contributed by atoms with Gasteiger partial charge in [0.05, 0.1) is 27.1 Å². The first-order valence-corrected chi connectivity index (χ1v) is 12.1. The summed E-state index contributed by atoms with van der Waals surface area (Å²) in [7, 11) is 0. The van der Waals surface area contributed by atoms with Gasteiger partial charge in [0, 0.05) is 18.1 Å². The van der Waals surface area contributed by atoms with Crippen molar-refractivity contribution in [3.05, 3.63) is 107 Å². The Bertz CT molecular complexity index is 1870. The van der Waals surface area contributed by atoms with Gasteiger partial charge >= 0.3 is 0 Å². The molecule has 3 aromatic carbocycles. The summed E-state index contributed by atoms with van der Waals surface area (Å²) in [5.41, 5.74) is 4.87. The molecular weight excluding hydrogens is 484 g/mol. The quantitative estimate of drug-likeness (QED) is 0.305. The number of carbonyl (C=O) groups is 1. The zero-order chi connectivity index (χ0) is 25.4. The number of aromatic nitrogens is 4. The number of amides is 1. The van der Waals surface area contributed by atoms with Crippen LogP contribution in [0.1, 0.15) is 21.5 Å². The molecule has 8 heteroatoms. The van der Waals surface area contributed by atoms with Crippen molar-refractivity contribution in [3.8, 4) is 6.07 Å². The van der Waals surface area contributed by atoms with E-state index in [2.05, 4.69) is 16.4 Å². The van der Waals surface area contributed by atoms with Crippen molar-refractivity contribution in [1.82, 2.24) is 19.5 Å². The monoisotopic (exact) mass is 502 g/mol. The second-order valence-corrected chi connectivity index (χ2v) is 8.96. The summed E-state index contributed by atoms with van der Waals surface area (Å²) in [6.07, 6.45) is 2.38. The van der Waals surface area contributed by atoms with Crippen LogP contribution in [0.5, 0.6) is 0 Å². The van der Waals surface area contributed by atoms with Gasteiger partial charge in [-0.1, -0.05) is 60.1 Å². The molecule has 6 rings (SSSR count). The number of fused-ring (bicyclic) bond motifs is 3. The number of aryl methyl sites for hydroxylation is 2. The van der Waals surface area contributed by atoms with Crippen LogP contribution < -0.4 is 5.32 Å². The number of rotatable bonds is 5. The van der Waals surface area contributed by atoms with E-state index in [-0.39, 0.29) is 5.56 Å². The molecule has 0 radical (unpaired) electrons. The Hall–Kier alpha value is -4.80. The lowest BCUT2D eigenvalue weighted by Crippen LogP contribution is -2.17. The van der Waals surface area contributed by atoms with Gasteiger partial charge in [-0.3, -0.25) is 9.78 Å². The summed E-state index contributed by atoms with van der Waals surface area (Å²) < 4.78 is 1.85. The van der Waals surface area contributed by atoms with Crippen LogP contribution in [0, 0.1) is 11.3 Å². The van der Waals surface area contributed by atoms with Crippen molar-refractivity contribution < 1.29 is 4.79 Å². The number of hydrogen-bond acceptors (Lipinski definition) is 5. The summed E-state index contributed by atoms with van der Waals surface area (Å²) in [5.74, 6) is -0.0755. The number of nitrogens with zero attached hydrogens (tertiary/aromatic N) is 5. The van der Waals surface area contributed by atoms with Crippen LogP contribution in [0.4, 0.5) is 5.82 Å². The number of nitrogens with one attached hydrogen (secondary N) is 1. The highest BCUT2D eigenvalue weighted by Crippen LogP contribution is 2.31. The van der Waals surface area contributed by atoms with Crippen LogP contribution in [0.2, 0.25) is 5.02 Å². The number of anilines is 1. The molecule has 0 aliphatic carbocycles. The van der Waals surface area contributed by atoms with Gasteiger partial charge in [-0.15, -0.1) is 0 Å². The van der Waals surface area contributed by atoms with Gasteiger partial charge in [0.15, 0.2) is 5.65 Å². The van der Waals surface area contributed by atoms with E-state index in [9.17, 15) is 10.1 Å². The molecule has 3 aromatic heterocycles. The zero-order valence-corrected chi connectivity index (χ0v) is 20.3. The number of pyridine rings is 1. The van der Waals surface area contributed by atoms with Gasteiger partial charge < -0.3 is 9.88 Å². The average molecular weight is 503 g/mol. The van der Waals surface area contributed by atoms with Crippen LogP contribution >= 0.6 is 11.6 Å². The van der Waals surface area contributed by atoms with Gasteiger partial charge in [0.1, 0.15) is 23.0 Å². The molecular formula is C29H19ClN6O. The minimum absolute atomic E-state index is 0.254. The van der Waals surface area contributed by atoms with E-state index in [1.54, 1.807) is 30.5 Å². The second kappa shape index (κ2) is 9.34. The molecule has 0 spiro atoms. The van der Waals surface area contributed by atoms with E-state index in [0.29, 0.717) is 51.6 Å². The molecule has 0 saturated heterocycles. The predicted octanol–water partition coefficient (Wildman–Crippen LogP) is 6.15. The number of hydrogen-bond donors (Lipinski definition) is 1. The highest BCUT2D eigenvalue weighted by molar-refractivity contribution is 6.34.